The number of nitrogens with one attached hydrogen (secondary N) is 3. The minimum Gasteiger partial charge on any atom is -0.363 e. The summed E-state index contributed by atoms with van der Waals surface area (Å²) in [6, 6.07) is 0. The Kier molecular flexibility index (Phi) is 2.68. The third kappa shape index (κ3) is 2.43. The molecule has 0 aliphatic carbocycles. The van der Waals surface area contributed by atoms with Gasteiger partial charge >= 0.3 is 0 Å². The number of hydrogen-bond acceptors (Lipinski definition) is 4. The highest BCUT2D eigenvalue weighted by Crippen LogP contribution is 1.90. The van der Waals surface area contributed by atoms with E-state index in [0.717, 1.165) is 5.82 Å². The molecule has 1 aliphatic heterocycles. The lowest BCUT2D eigenvalue weighted by atomic mass is 10.4. The van der Waals surface area contributed by atoms with Gasteiger partial charge in [0.15, 0.2) is 5.78 Å². The third-order valence-electron chi connectivity index (χ3n) is 1.23. The van der Waals surface area contributed by atoms with Gasteiger partial charge in [-0.3, -0.25) is 4.79 Å². The summed E-state index contributed by atoms with van der Waals surface area (Å²) in [7, 11) is 0. The molecule has 0 fully saturated rings. The van der Waals surface area contributed by atoms with E-state index in [1.165, 1.54) is 6.08 Å². The van der Waals surface area contributed by atoms with Gasteiger partial charge in [0.25, 0.3) is 0 Å². The molecule has 0 bridgehead atoms. The number of ketones is 1. The highest BCUT2D eigenvalue weighted by molar-refractivity contribution is 5.94. The van der Waals surface area contributed by atoms with E-state index in [-0.39, 0.29) is 5.78 Å². The standard InChI is InChI=1S/C7H11N3O/c1-2-3-9-10-7-4-6(11)5-8-7/h2,4,8-10H,1,3,5H2. The maximum atomic E-state index is 10.7. The molecule has 3 N–H and O–H groups in total. The largest absolute Gasteiger partial charge is 0.363 e. The molecule has 0 aromatic carbocycles. The fraction of sp³-hybridized carbons (Fsp3) is 0.286. The second kappa shape index (κ2) is 3.78. The van der Waals surface area contributed by atoms with Crippen LogP contribution in [0.25, 0.3) is 0 Å². The fourth-order valence-electron chi connectivity index (χ4n) is 0.744. The maximum Gasteiger partial charge on any atom is 0.178 e. The van der Waals surface area contributed by atoms with Gasteiger partial charge in [0.05, 0.1) is 6.54 Å². The van der Waals surface area contributed by atoms with E-state index in [1.807, 2.05) is 0 Å². The Morgan fingerprint density at radius 2 is 2.64 bits per heavy atom. The number of carbonyl (C=O) groups is 1. The normalized spacial score (nSPS) is 15.6. The zero-order valence-corrected chi connectivity index (χ0v) is 6.18. The highest BCUT2D eigenvalue weighted by Gasteiger charge is 2.08. The van der Waals surface area contributed by atoms with Gasteiger partial charge in [-0.2, -0.15) is 0 Å². The summed E-state index contributed by atoms with van der Waals surface area (Å²) in [5.74, 6) is 0.810. The number of hydrogen-bond donors (Lipinski definition) is 3. The van der Waals surface area contributed by atoms with Crippen molar-refractivity contribution in [3.8, 4) is 0 Å². The second-order valence-electron chi connectivity index (χ2n) is 2.17. The third-order valence-corrected chi connectivity index (χ3v) is 1.23. The Labute approximate surface area is 65.3 Å². The Balaban J connectivity index is 2.21. The maximum absolute atomic E-state index is 10.7. The summed E-state index contributed by atoms with van der Waals surface area (Å²) >= 11 is 0. The van der Waals surface area contributed by atoms with Crippen LogP contribution < -0.4 is 16.2 Å². The number of hydrazine groups is 1. The average Bonchev–Trinajstić information content (AvgIpc) is 2.37. The van der Waals surface area contributed by atoms with Crippen LogP contribution in [-0.2, 0) is 4.79 Å². The predicted molar refractivity (Wildman–Crippen MR) is 42.4 cm³/mol. The molecule has 0 spiro atoms. The van der Waals surface area contributed by atoms with E-state index < -0.39 is 0 Å². The Morgan fingerprint density at radius 1 is 1.82 bits per heavy atom. The Morgan fingerprint density at radius 3 is 3.18 bits per heavy atom. The molecular weight excluding hydrogens is 142 g/mol. The van der Waals surface area contributed by atoms with Crippen LogP contribution in [0.15, 0.2) is 24.6 Å². The quantitative estimate of drug-likeness (QED) is 0.283. The molecule has 0 saturated heterocycles. The van der Waals surface area contributed by atoms with Crippen molar-refractivity contribution < 1.29 is 4.79 Å². The van der Waals surface area contributed by atoms with Gasteiger partial charge in [0, 0.05) is 12.6 Å². The van der Waals surface area contributed by atoms with Crippen LogP contribution >= 0.6 is 0 Å². The molecule has 4 nitrogen and oxygen atoms in total. The van der Waals surface area contributed by atoms with Gasteiger partial charge in [-0.15, -0.1) is 6.58 Å². The van der Waals surface area contributed by atoms with Crippen LogP contribution in [0.4, 0.5) is 0 Å². The molecule has 0 aromatic rings. The Bertz CT molecular complexity index is 198. The van der Waals surface area contributed by atoms with Crippen LogP contribution in [0, 0.1) is 0 Å². The smallest absolute Gasteiger partial charge is 0.178 e. The first-order chi connectivity index (χ1) is 5.33. The first kappa shape index (κ1) is 7.81. The monoisotopic (exact) mass is 153 g/mol. The summed E-state index contributed by atoms with van der Waals surface area (Å²) in [4.78, 5) is 10.7. The molecule has 60 valence electrons. The zero-order valence-electron chi connectivity index (χ0n) is 6.18. The van der Waals surface area contributed by atoms with E-state index in [0.29, 0.717) is 13.1 Å². The van der Waals surface area contributed by atoms with E-state index in [2.05, 4.69) is 22.7 Å². The number of rotatable bonds is 4. The Hall–Kier alpha value is -1.29. The van der Waals surface area contributed by atoms with Gasteiger partial charge in [0.1, 0.15) is 5.82 Å². The van der Waals surface area contributed by atoms with Crippen LogP contribution in [0.3, 0.4) is 0 Å². The lowest BCUT2D eigenvalue weighted by molar-refractivity contribution is -0.113. The molecule has 0 aromatic heterocycles. The van der Waals surface area contributed by atoms with E-state index in [9.17, 15) is 4.79 Å². The molecule has 0 saturated carbocycles. The van der Waals surface area contributed by atoms with Gasteiger partial charge in [-0.1, -0.05) is 6.08 Å². The van der Waals surface area contributed by atoms with Crippen molar-refractivity contribution in [1.82, 2.24) is 16.2 Å². The SMILES string of the molecule is C=CCNNC1=CC(=O)CN1. The topological polar surface area (TPSA) is 53.2 Å². The lowest BCUT2D eigenvalue weighted by Crippen LogP contribution is -2.35. The molecule has 11 heavy (non-hydrogen) atoms. The summed E-state index contributed by atoms with van der Waals surface area (Å²) in [6.07, 6.45) is 3.25. The number of carbonyl (C=O) groups excluding carboxylic acids is 1. The zero-order chi connectivity index (χ0) is 8.10. The minimum atomic E-state index is 0.0907. The molecule has 4 heteroatoms. The summed E-state index contributed by atoms with van der Waals surface area (Å²) in [6.45, 7) is 4.58. The van der Waals surface area contributed by atoms with Crippen molar-refractivity contribution in [2.45, 2.75) is 0 Å². The second-order valence-corrected chi connectivity index (χ2v) is 2.17. The van der Waals surface area contributed by atoms with Crippen molar-refractivity contribution in [3.05, 3.63) is 24.6 Å². The molecule has 1 aliphatic rings. The lowest BCUT2D eigenvalue weighted by Gasteiger charge is -2.06. The minimum absolute atomic E-state index is 0.0907. The van der Waals surface area contributed by atoms with Crippen LogP contribution in [0.5, 0.6) is 0 Å². The van der Waals surface area contributed by atoms with Crippen molar-refractivity contribution >= 4 is 5.78 Å². The first-order valence-corrected chi connectivity index (χ1v) is 3.41. The summed E-state index contributed by atoms with van der Waals surface area (Å²) in [5, 5.41) is 2.87. The highest BCUT2D eigenvalue weighted by atomic mass is 16.1. The van der Waals surface area contributed by atoms with Crippen LogP contribution in [-0.4, -0.2) is 18.9 Å². The van der Waals surface area contributed by atoms with Crippen molar-refractivity contribution in [2.24, 2.45) is 0 Å². The molecule has 0 radical (unpaired) electrons. The van der Waals surface area contributed by atoms with Crippen molar-refractivity contribution in [3.63, 3.8) is 0 Å². The summed E-state index contributed by atoms with van der Waals surface area (Å²) in [5.41, 5.74) is 5.67. The molecule has 1 rings (SSSR count). The fourth-order valence-corrected chi connectivity index (χ4v) is 0.744. The first-order valence-electron chi connectivity index (χ1n) is 3.41. The molecule has 1 heterocycles. The molecular formula is C7H11N3O. The van der Waals surface area contributed by atoms with E-state index in [1.54, 1.807) is 6.08 Å². The summed E-state index contributed by atoms with van der Waals surface area (Å²) < 4.78 is 0. The average molecular weight is 153 g/mol. The van der Waals surface area contributed by atoms with Crippen molar-refractivity contribution in [2.75, 3.05) is 13.1 Å². The molecule has 0 atom stereocenters. The van der Waals surface area contributed by atoms with Gasteiger partial charge in [-0.05, 0) is 0 Å². The van der Waals surface area contributed by atoms with Crippen molar-refractivity contribution in [1.29, 1.82) is 0 Å². The van der Waals surface area contributed by atoms with Crippen LogP contribution in [0.1, 0.15) is 0 Å². The van der Waals surface area contributed by atoms with E-state index in [4.69, 9.17) is 0 Å². The van der Waals surface area contributed by atoms with Gasteiger partial charge < -0.3 is 10.7 Å². The molecule has 0 amide bonds. The van der Waals surface area contributed by atoms with Gasteiger partial charge in [-0.25, -0.2) is 5.43 Å². The predicted octanol–water partition coefficient (Wildman–Crippen LogP) is -0.720. The van der Waals surface area contributed by atoms with Gasteiger partial charge in [0.2, 0.25) is 0 Å². The van der Waals surface area contributed by atoms with E-state index >= 15 is 0 Å². The molecule has 0 unspecified atom stereocenters. The van der Waals surface area contributed by atoms with Crippen LogP contribution in [0.2, 0.25) is 0 Å².